The summed E-state index contributed by atoms with van der Waals surface area (Å²) >= 11 is 0. The topological polar surface area (TPSA) is 66.3 Å². The lowest BCUT2D eigenvalue weighted by molar-refractivity contribution is -0.130. The first-order chi connectivity index (χ1) is 15.9. The average molecular weight is 455 g/mol. The summed E-state index contributed by atoms with van der Waals surface area (Å²) in [6.07, 6.45) is 5.02. The summed E-state index contributed by atoms with van der Waals surface area (Å²) in [5, 5.41) is 7.49. The lowest BCUT2D eigenvalue weighted by Crippen LogP contribution is -2.45. The number of benzene rings is 2. The van der Waals surface area contributed by atoms with Crippen molar-refractivity contribution in [1.82, 2.24) is 19.7 Å². The van der Waals surface area contributed by atoms with Crippen LogP contribution >= 0.6 is 0 Å². The van der Waals surface area contributed by atoms with Crippen LogP contribution in [0.25, 0.3) is 5.69 Å². The number of carbonyl (C=O) groups is 1. The molecule has 0 bridgehead atoms. The molecule has 0 radical (unpaired) electrons. The van der Waals surface area contributed by atoms with Gasteiger partial charge in [-0.3, -0.25) is 4.79 Å². The Morgan fingerprint density at radius 2 is 1.76 bits per heavy atom. The highest BCUT2D eigenvalue weighted by Gasteiger charge is 2.30. The van der Waals surface area contributed by atoms with E-state index in [1.165, 1.54) is 23.1 Å². The number of halogens is 2. The maximum atomic E-state index is 13.5. The first-order valence-corrected chi connectivity index (χ1v) is 11.3. The van der Waals surface area contributed by atoms with Crippen LogP contribution in [0.15, 0.2) is 42.7 Å². The highest BCUT2D eigenvalue weighted by Crippen LogP contribution is 2.29. The molecule has 0 aliphatic carbocycles. The first kappa shape index (κ1) is 21.4. The van der Waals surface area contributed by atoms with E-state index < -0.39 is 11.6 Å². The monoisotopic (exact) mass is 454 g/mol. The van der Waals surface area contributed by atoms with Gasteiger partial charge in [-0.25, -0.2) is 13.5 Å². The zero-order valence-corrected chi connectivity index (χ0v) is 18.5. The molecule has 0 spiro atoms. The van der Waals surface area contributed by atoms with Crippen LogP contribution in [0.3, 0.4) is 0 Å². The van der Waals surface area contributed by atoms with Gasteiger partial charge in [0.15, 0.2) is 0 Å². The predicted octanol–water partition coefficient (Wildman–Crippen LogP) is 4.43. The van der Waals surface area contributed by atoms with E-state index in [1.54, 1.807) is 0 Å². The lowest BCUT2D eigenvalue weighted by atomic mass is 10.0. The standard InChI is InChI=1S/C24H26F2N6O.H2/c1-16-9-19(28-24-27-15-32(29-24)22-12-17(25)11-18(26)13-22)14-21(10-16)30-7-4-20(5-8-30)31-6-2-3-23(31)33;/h9-15,20H,2-8H2,1H3,(H,28,29);1H. The molecule has 174 valence electrons. The molecule has 5 rings (SSSR count). The van der Waals surface area contributed by atoms with Crippen LogP contribution < -0.4 is 10.2 Å². The van der Waals surface area contributed by atoms with Crippen LogP contribution in [0.1, 0.15) is 32.7 Å². The van der Waals surface area contributed by atoms with Crippen molar-refractivity contribution in [3.8, 4) is 5.69 Å². The third-order valence-corrected chi connectivity index (χ3v) is 6.30. The quantitative estimate of drug-likeness (QED) is 0.618. The fourth-order valence-corrected chi connectivity index (χ4v) is 4.75. The van der Waals surface area contributed by atoms with Crippen LogP contribution in [0.2, 0.25) is 0 Å². The molecule has 9 heteroatoms. The molecule has 2 aliphatic heterocycles. The SMILES string of the molecule is Cc1cc(Nc2ncn(-c3cc(F)cc(F)c3)n2)cc(N2CCC(N3CCCC3=O)CC2)c1.[HH]. The Kier molecular flexibility index (Phi) is 5.70. The van der Waals surface area contributed by atoms with Gasteiger partial charge in [-0.1, -0.05) is 0 Å². The Bertz CT molecular complexity index is 1160. The second-order valence-electron chi connectivity index (χ2n) is 8.73. The van der Waals surface area contributed by atoms with E-state index >= 15 is 0 Å². The zero-order chi connectivity index (χ0) is 22.9. The molecule has 2 aliphatic rings. The van der Waals surface area contributed by atoms with Gasteiger partial charge in [-0.2, -0.15) is 4.98 Å². The van der Waals surface area contributed by atoms with Crippen LogP contribution in [-0.2, 0) is 4.79 Å². The second kappa shape index (κ2) is 8.80. The molecule has 33 heavy (non-hydrogen) atoms. The van der Waals surface area contributed by atoms with Crippen molar-refractivity contribution in [1.29, 1.82) is 0 Å². The average Bonchev–Trinajstić information content (AvgIpc) is 3.42. The molecule has 1 N–H and O–H groups in total. The number of hydrogen-bond donors (Lipinski definition) is 1. The summed E-state index contributed by atoms with van der Waals surface area (Å²) in [5.41, 5.74) is 3.30. The molecule has 2 aromatic carbocycles. The second-order valence-corrected chi connectivity index (χ2v) is 8.73. The molecule has 0 unspecified atom stereocenters. The third-order valence-electron chi connectivity index (χ3n) is 6.30. The number of carbonyl (C=O) groups excluding carboxylic acids is 1. The minimum absolute atomic E-state index is 0. The van der Waals surface area contributed by atoms with Gasteiger partial charge in [-0.15, -0.1) is 5.10 Å². The number of anilines is 3. The Morgan fingerprint density at radius 3 is 2.45 bits per heavy atom. The molecular formula is C24H28F2N6O. The van der Waals surface area contributed by atoms with Crippen molar-refractivity contribution < 1.29 is 15.0 Å². The van der Waals surface area contributed by atoms with Crippen molar-refractivity contribution in [2.75, 3.05) is 29.9 Å². The van der Waals surface area contributed by atoms with Gasteiger partial charge in [0.2, 0.25) is 11.9 Å². The van der Waals surface area contributed by atoms with Gasteiger partial charge in [0.05, 0.1) is 5.69 Å². The van der Waals surface area contributed by atoms with Crippen LogP contribution in [0.4, 0.5) is 26.1 Å². The lowest BCUT2D eigenvalue weighted by Gasteiger charge is -2.38. The minimum Gasteiger partial charge on any atom is -0.371 e. The van der Waals surface area contributed by atoms with Crippen LogP contribution in [0, 0.1) is 18.6 Å². The molecule has 2 saturated heterocycles. The summed E-state index contributed by atoms with van der Waals surface area (Å²) in [6, 6.07) is 9.77. The maximum absolute atomic E-state index is 13.5. The fraction of sp³-hybridized carbons (Fsp3) is 0.375. The molecule has 3 aromatic rings. The molecule has 3 heterocycles. The number of rotatable bonds is 5. The van der Waals surface area contributed by atoms with Gasteiger partial charge < -0.3 is 15.1 Å². The molecular weight excluding hydrogens is 426 g/mol. The van der Waals surface area contributed by atoms with Crippen LogP contribution in [-0.4, -0.2) is 51.2 Å². The Balaban J connectivity index is 0.00000274. The summed E-state index contributed by atoms with van der Waals surface area (Å²) < 4.78 is 28.4. The minimum atomic E-state index is -0.670. The largest absolute Gasteiger partial charge is 0.371 e. The van der Waals surface area contributed by atoms with E-state index in [2.05, 4.69) is 37.3 Å². The van der Waals surface area contributed by atoms with Crippen molar-refractivity contribution in [2.24, 2.45) is 0 Å². The summed E-state index contributed by atoms with van der Waals surface area (Å²) in [7, 11) is 0. The highest BCUT2D eigenvalue weighted by atomic mass is 19.1. The fourth-order valence-electron chi connectivity index (χ4n) is 4.75. The molecule has 0 atom stereocenters. The van der Waals surface area contributed by atoms with Gasteiger partial charge >= 0.3 is 0 Å². The van der Waals surface area contributed by atoms with Crippen molar-refractivity contribution >= 4 is 23.2 Å². The van der Waals surface area contributed by atoms with Crippen LogP contribution in [0.5, 0.6) is 0 Å². The number of hydrogen-bond acceptors (Lipinski definition) is 5. The van der Waals surface area contributed by atoms with Crippen molar-refractivity contribution in [3.63, 3.8) is 0 Å². The smallest absolute Gasteiger partial charge is 0.246 e. The number of aryl methyl sites for hydroxylation is 1. The van der Waals surface area contributed by atoms with Gasteiger partial charge in [0.1, 0.15) is 18.0 Å². The summed E-state index contributed by atoms with van der Waals surface area (Å²) in [4.78, 5) is 20.7. The van der Waals surface area contributed by atoms with Gasteiger partial charge in [-0.05, 0) is 62.1 Å². The molecule has 2 fully saturated rings. The molecule has 1 amide bonds. The van der Waals surface area contributed by atoms with Crippen molar-refractivity contribution in [3.05, 3.63) is 59.9 Å². The third kappa shape index (κ3) is 4.67. The normalized spacial score (nSPS) is 17.1. The summed E-state index contributed by atoms with van der Waals surface area (Å²) in [6.45, 7) is 4.72. The highest BCUT2D eigenvalue weighted by molar-refractivity contribution is 5.78. The molecule has 0 saturated carbocycles. The number of piperidine rings is 1. The van der Waals surface area contributed by atoms with E-state index in [1.807, 2.05) is 13.0 Å². The number of likely N-dealkylation sites (tertiary alicyclic amines) is 1. The van der Waals surface area contributed by atoms with E-state index in [4.69, 9.17) is 0 Å². The maximum Gasteiger partial charge on any atom is 0.246 e. The van der Waals surface area contributed by atoms with Crippen molar-refractivity contribution in [2.45, 2.75) is 38.6 Å². The number of amides is 1. The van der Waals surface area contributed by atoms with E-state index in [-0.39, 0.29) is 7.11 Å². The zero-order valence-electron chi connectivity index (χ0n) is 18.5. The molecule has 1 aromatic heterocycles. The van der Waals surface area contributed by atoms with E-state index in [0.717, 1.165) is 61.9 Å². The van der Waals surface area contributed by atoms with Gasteiger partial charge in [0.25, 0.3) is 0 Å². The Hall–Kier alpha value is -3.49. The first-order valence-electron chi connectivity index (χ1n) is 11.3. The Labute approximate surface area is 192 Å². The summed E-state index contributed by atoms with van der Waals surface area (Å²) in [5.74, 6) is -0.710. The predicted molar refractivity (Wildman–Crippen MR) is 124 cm³/mol. The molecule has 7 nitrogen and oxygen atoms in total. The number of aromatic nitrogens is 3. The Morgan fingerprint density at radius 1 is 1.00 bits per heavy atom. The number of nitrogens with zero attached hydrogens (tertiary/aromatic N) is 5. The van der Waals surface area contributed by atoms with E-state index in [0.29, 0.717) is 24.3 Å². The number of nitrogens with one attached hydrogen (secondary N) is 1. The van der Waals surface area contributed by atoms with E-state index in [9.17, 15) is 13.6 Å². The van der Waals surface area contributed by atoms with Gasteiger partial charge in [0, 0.05) is 51.0 Å².